The molecule has 0 unspecified atom stereocenters. The first kappa shape index (κ1) is 15.5. The Morgan fingerprint density at radius 1 is 1.14 bits per heavy atom. The Kier molecular flexibility index (Phi) is 4.82. The highest BCUT2D eigenvalue weighted by molar-refractivity contribution is 5.81. The molecule has 1 saturated heterocycles. The van der Waals surface area contributed by atoms with Crippen molar-refractivity contribution < 1.29 is 4.79 Å². The lowest BCUT2D eigenvalue weighted by Crippen LogP contribution is -2.47. The molecule has 2 fully saturated rings. The molecule has 0 aromatic heterocycles. The smallest absolute Gasteiger partial charge is 0.237 e. The summed E-state index contributed by atoms with van der Waals surface area (Å²) in [5.41, 5.74) is 1.54. The molecule has 1 N–H and O–H groups in total. The second-order valence-corrected chi connectivity index (χ2v) is 6.99. The maximum absolute atomic E-state index is 12.5. The summed E-state index contributed by atoms with van der Waals surface area (Å²) in [4.78, 5) is 14.8. The van der Waals surface area contributed by atoms with Crippen molar-refractivity contribution in [2.75, 3.05) is 19.6 Å². The van der Waals surface area contributed by atoms with Gasteiger partial charge in [0.2, 0.25) is 5.91 Å². The van der Waals surface area contributed by atoms with E-state index in [1.807, 2.05) is 6.92 Å². The Hall–Kier alpha value is -1.35. The van der Waals surface area contributed by atoms with Crippen molar-refractivity contribution >= 4 is 5.91 Å². The van der Waals surface area contributed by atoms with Crippen LogP contribution in [0.1, 0.15) is 51.0 Å². The van der Waals surface area contributed by atoms with Crippen molar-refractivity contribution in [1.82, 2.24) is 10.2 Å². The van der Waals surface area contributed by atoms with Crippen LogP contribution < -0.4 is 5.32 Å². The first-order chi connectivity index (χ1) is 10.7. The lowest BCUT2D eigenvalue weighted by Gasteiger charge is -2.31. The SMILES string of the molecule is C[C@@H](C(=O)NCC1(c2ccccc2)CCCC1)N1CCCC1. The Balaban J connectivity index is 1.64. The van der Waals surface area contributed by atoms with E-state index in [9.17, 15) is 4.79 Å². The van der Waals surface area contributed by atoms with E-state index in [1.54, 1.807) is 0 Å². The van der Waals surface area contributed by atoms with E-state index in [-0.39, 0.29) is 17.4 Å². The minimum Gasteiger partial charge on any atom is -0.354 e. The Morgan fingerprint density at radius 3 is 2.41 bits per heavy atom. The third kappa shape index (κ3) is 3.19. The number of amides is 1. The number of carbonyl (C=O) groups excluding carboxylic acids is 1. The van der Waals surface area contributed by atoms with Crippen molar-refractivity contribution in [3.05, 3.63) is 35.9 Å². The summed E-state index contributed by atoms with van der Waals surface area (Å²) in [6, 6.07) is 10.8. The lowest BCUT2D eigenvalue weighted by atomic mass is 9.79. The summed E-state index contributed by atoms with van der Waals surface area (Å²) in [5.74, 6) is 0.198. The van der Waals surface area contributed by atoms with Crippen LogP contribution in [-0.2, 0) is 10.2 Å². The molecule has 0 spiro atoms. The van der Waals surface area contributed by atoms with E-state index >= 15 is 0 Å². The predicted octanol–water partition coefficient (Wildman–Crippen LogP) is 3.10. The van der Waals surface area contributed by atoms with Gasteiger partial charge in [-0.25, -0.2) is 0 Å². The second-order valence-electron chi connectivity index (χ2n) is 6.99. The zero-order chi connectivity index (χ0) is 15.4. The average molecular weight is 300 g/mol. The molecular formula is C19H28N2O. The number of rotatable bonds is 5. The van der Waals surface area contributed by atoms with Gasteiger partial charge in [0.1, 0.15) is 0 Å². The third-order valence-electron chi connectivity index (χ3n) is 5.62. The van der Waals surface area contributed by atoms with Gasteiger partial charge in [-0.15, -0.1) is 0 Å². The highest BCUT2D eigenvalue weighted by atomic mass is 16.2. The number of nitrogens with one attached hydrogen (secondary N) is 1. The summed E-state index contributed by atoms with van der Waals surface area (Å²) in [6.07, 6.45) is 7.38. The van der Waals surface area contributed by atoms with Gasteiger partial charge in [0.15, 0.2) is 0 Å². The first-order valence-corrected chi connectivity index (χ1v) is 8.79. The van der Waals surface area contributed by atoms with Crippen molar-refractivity contribution in [2.45, 2.75) is 56.9 Å². The summed E-state index contributed by atoms with van der Waals surface area (Å²) < 4.78 is 0. The molecule has 1 aliphatic heterocycles. The van der Waals surface area contributed by atoms with Gasteiger partial charge in [0, 0.05) is 12.0 Å². The minimum absolute atomic E-state index is 0.0109. The quantitative estimate of drug-likeness (QED) is 0.906. The number of hydrogen-bond donors (Lipinski definition) is 1. The van der Waals surface area contributed by atoms with Crippen LogP contribution in [-0.4, -0.2) is 36.5 Å². The van der Waals surface area contributed by atoms with Crippen LogP contribution in [0, 0.1) is 0 Å². The van der Waals surface area contributed by atoms with Gasteiger partial charge in [-0.1, -0.05) is 43.2 Å². The van der Waals surface area contributed by atoms with Gasteiger partial charge in [-0.05, 0) is 51.3 Å². The standard InChI is InChI=1S/C19H28N2O/c1-16(21-13-7-8-14-21)18(22)20-15-19(11-5-6-12-19)17-9-3-2-4-10-17/h2-4,9-10,16H,5-8,11-15H2,1H3,(H,20,22)/t16-/m0/s1. The minimum atomic E-state index is 0.0109. The molecule has 3 nitrogen and oxygen atoms in total. The van der Waals surface area contributed by atoms with E-state index in [4.69, 9.17) is 0 Å². The number of nitrogens with zero attached hydrogens (tertiary/aromatic N) is 1. The van der Waals surface area contributed by atoms with Crippen LogP contribution in [0.25, 0.3) is 0 Å². The molecule has 1 aliphatic carbocycles. The van der Waals surface area contributed by atoms with E-state index in [1.165, 1.54) is 44.1 Å². The lowest BCUT2D eigenvalue weighted by molar-refractivity contribution is -0.125. The molecule has 3 heteroatoms. The van der Waals surface area contributed by atoms with E-state index in [2.05, 4.69) is 40.5 Å². The number of hydrogen-bond acceptors (Lipinski definition) is 2. The first-order valence-electron chi connectivity index (χ1n) is 8.79. The third-order valence-corrected chi connectivity index (χ3v) is 5.62. The van der Waals surface area contributed by atoms with Crippen LogP contribution in [0.2, 0.25) is 0 Å². The van der Waals surface area contributed by atoms with Gasteiger partial charge in [0.05, 0.1) is 6.04 Å². The highest BCUT2D eigenvalue weighted by Gasteiger charge is 2.36. The van der Waals surface area contributed by atoms with E-state index in [0.29, 0.717) is 0 Å². The van der Waals surface area contributed by atoms with Crippen molar-refractivity contribution in [3.63, 3.8) is 0 Å². The number of carbonyl (C=O) groups is 1. The normalized spacial score (nSPS) is 22.6. The Labute approximate surface area is 134 Å². The fraction of sp³-hybridized carbons (Fsp3) is 0.632. The van der Waals surface area contributed by atoms with E-state index < -0.39 is 0 Å². The van der Waals surface area contributed by atoms with Crippen molar-refractivity contribution in [3.8, 4) is 0 Å². The molecule has 1 atom stereocenters. The molecule has 1 aromatic rings. The molecule has 1 heterocycles. The fourth-order valence-electron chi connectivity index (χ4n) is 4.11. The second kappa shape index (κ2) is 6.82. The molecule has 2 aliphatic rings. The summed E-state index contributed by atoms with van der Waals surface area (Å²) in [7, 11) is 0. The average Bonchev–Trinajstić information content (AvgIpc) is 3.25. The molecule has 120 valence electrons. The molecule has 0 radical (unpaired) electrons. The van der Waals surface area contributed by atoms with Gasteiger partial charge < -0.3 is 5.32 Å². The van der Waals surface area contributed by atoms with Crippen molar-refractivity contribution in [2.24, 2.45) is 0 Å². The Bertz CT molecular complexity index is 487. The van der Waals surface area contributed by atoms with Gasteiger partial charge >= 0.3 is 0 Å². The van der Waals surface area contributed by atoms with Gasteiger partial charge in [-0.2, -0.15) is 0 Å². The van der Waals surface area contributed by atoms with Crippen LogP contribution in [0.5, 0.6) is 0 Å². The molecular weight excluding hydrogens is 272 g/mol. The highest BCUT2D eigenvalue weighted by Crippen LogP contribution is 2.40. The number of likely N-dealkylation sites (tertiary alicyclic amines) is 1. The zero-order valence-corrected chi connectivity index (χ0v) is 13.7. The molecule has 22 heavy (non-hydrogen) atoms. The molecule has 1 aromatic carbocycles. The Morgan fingerprint density at radius 2 is 1.77 bits per heavy atom. The zero-order valence-electron chi connectivity index (χ0n) is 13.7. The van der Waals surface area contributed by atoms with Crippen molar-refractivity contribution in [1.29, 1.82) is 0 Å². The maximum Gasteiger partial charge on any atom is 0.237 e. The molecule has 3 rings (SSSR count). The molecule has 1 amide bonds. The largest absolute Gasteiger partial charge is 0.354 e. The summed E-state index contributed by atoms with van der Waals surface area (Å²) in [5, 5.41) is 3.26. The van der Waals surface area contributed by atoms with Crippen LogP contribution >= 0.6 is 0 Å². The van der Waals surface area contributed by atoms with Crippen LogP contribution in [0.4, 0.5) is 0 Å². The predicted molar refractivity (Wildman–Crippen MR) is 89.9 cm³/mol. The monoisotopic (exact) mass is 300 g/mol. The maximum atomic E-state index is 12.5. The molecule has 1 saturated carbocycles. The number of benzene rings is 1. The fourth-order valence-corrected chi connectivity index (χ4v) is 4.11. The molecule has 0 bridgehead atoms. The topological polar surface area (TPSA) is 32.3 Å². The summed E-state index contributed by atoms with van der Waals surface area (Å²) in [6.45, 7) is 4.97. The van der Waals surface area contributed by atoms with Gasteiger partial charge in [-0.3, -0.25) is 9.69 Å². The van der Waals surface area contributed by atoms with Gasteiger partial charge in [0.25, 0.3) is 0 Å². The van der Waals surface area contributed by atoms with E-state index in [0.717, 1.165) is 19.6 Å². The van der Waals surface area contributed by atoms with Crippen LogP contribution in [0.3, 0.4) is 0 Å². The summed E-state index contributed by atoms with van der Waals surface area (Å²) >= 11 is 0. The van der Waals surface area contributed by atoms with Crippen LogP contribution in [0.15, 0.2) is 30.3 Å².